The van der Waals surface area contributed by atoms with E-state index in [2.05, 4.69) is 4.72 Å². The minimum Gasteiger partial charge on any atom is -0.492 e. The number of anilines is 1. The molecule has 0 aliphatic heterocycles. The van der Waals surface area contributed by atoms with Crippen LogP contribution in [0, 0.1) is 12.7 Å². The molecule has 10 heteroatoms. The number of nitrogens with one attached hydrogen (secondary N) is 1. The maximum absolute atomic E-state index is 13.2. The van der Waals surface area contributed by atoms with Gasteiger partial charge in [-0.25, -0.2) is 25.5 Å². The van der Waals surface area contributed by atoms with Crippen molar-refractivity contribution in [1.29, 1.82) is 0 Å². The topological polar surface area (TPSA) is 92.8 Å². The lowest BCUT2D eigenvalue weighted by Crippen LogP contribution is -2.23. The standard InChI is InChI=1S/C17H21FN2O5S2/c1-5-25-15-8-7-14(11-17(15)27(23,24)20(3)4)19-26(21,22)16-9-6-13(18)10-12(16)2/h6-11,19H,5H2,1-4H3. The largest absolute Gasteiger partial charge is 0.492 e. The van der Waals surface area contributed by atoms with Crippen LogP contribution in [0.2, 0.25) is 0 Å². The molecule has 0 aliphatic rings. The van der Waals surface area contributed by atoms with Crippen molar-refractivity contribution in [2.75, 3.05) is 25.4 Å². The molecule has 0 aliphatic carbocycles. The second-order valence-electron chi connectivity index (χ2n) is 5.90. The third kappa shape index (κ3) is 4.57. The van der Waals surface area contributed by atoms with E-state index in [9.17, 15) is 21.2 Å². The van der Waals surface area contributed by atoms with Gasteiger partial charge in [-0.15, -0.1) is 0 Å². The molecule has 0 fully saturated rings. The Bertz CT molecular complexity index is 1050. The molecule has 0 bridgehead atoms. The van der Waals surface area contributed by atoms with Gasteiger partial charge < -0.3 is 4.74 Å². The van der Waals surface area contributed by atoms with Crippen molar-refractivity contribution in [2.45, 2.75) is 23.6 Å². The highest BCUT2D eigenvalue weighted by molar-refractivity contribution is 7.92. The molecular weight excluding hydrogens is 395 g/mol. The second-order valence-corrected chi connectivity index (χ2v) is 9.67. The van der Waals surface area contributed by atoms with E-state index < -0.39 is 25.9 Å². The van der Waals surface area contributed by atoms with Gasteiger partial charge in [0.05, 0.1) is 17.2 Å². The van der Waals surface area contributed by atoms with Crippen LogP contribution in [0.1, 0.15) is 12.5 Å². The molecule has 0 unspecified atom stereocenters. The van der Waals surface area contributed by atoms with Gasteiger partial charge in [0.2, 0.25) is 10.0 Å². The van der Waals surface area contributed by atoms with Gasteiger partial charge in [-0.1, -0.05) is 0 Å². The van der Waals surface area contributed by atoms with Crippen molar-refractivity contribution in [3.05, 3.63) is 47.8 Å². The Hall–Kier alpha value is -2.17. The molecule has 148 valence electrons. The number of hydrogen-bond donors (Lipinski definition) is 1. The van der Waals surface area contributed by atoms with E-state index in [1.165, 1.54) is 39.2 Å². The van der Waals surface area contributed by atoms with Gasteiger partial charge in [-0.05, 0) is 55.8 Å². The van der Waals surface area contributed by atoms with Crippen LogP contribution >= 0.6 is 0 Å². The third-order valence-corrected chi connectivity index (χ3v) is 7.06. The number of halogens is 1. The van der Waals surface area contributed by atoms with E-state index in [0.29, 0.717) is 0 Å². The first-order valence-electron chi connectivity index (χ1n) is 7.97. The lowest BCUT2D eigenvalue weighted by molar-refractivity contribution is 0.330. The van der Waals surface area contributed by atoms with Gasteiger partial charge in [-0.2, -0.15) is 0 Å². The van der Waals surface area contributed by atoms with Crippen LogP contribution in [0.15, 0.2) is 46.2 Å². The molecule has 0 saturated heterocycles. The summed E-state index contributed by atoms with van der Waals surface area (Å²) in [5, 5.41) is 0. The Labute approximate surface area is 158 Å². The average molecular weight is 416 g/mol. The Kier molecular flexibility index (Phi) is 6.13. The van der Waals surface area contributed by atoms with Crippen LogP contribution < -0.4 is 9.46 Å². The number of benzene rings is 2. The number of nitrogens with zero attached hydrogens (tertiary/aromatic N) is 1. The number of sulfonamides is 2. The summed E-state index contributed by atoms with van der Waals surface area (Å²) in [7, 11) is -5.17. The molecule has 7 nitrogen and oxygen atoms in total. The maximum Gasteiger partial charge on any atom is 0.262 e. The molecule has 2 rings (SSSR count). The van der Waals surface area contributed by atoms with Gasteiger partial charge in [-0.3, -0.25) is 4.72 Å². The van der Waals surface area contributed by atoms with E-state index in [1.54, 1.807) is 6.92 Å². The Morgan fingerprint density at radius 3 is 2.26 bits per heavy atom. The molecule has 0 spiro atoms. The van der Waals surface area contributed by atoms with Crippen LogP contribution in [0.4, 0.5) is 10.1 Å². The Morgan fingerprint density at radius 1 is 1.04 bits per heavy atom. The SMILES string of the molecule is CCOc1ccc(NS(=O)(=O)c2ccc(F)cc2C)cc1S(=O)(=O)N(C)C. The predicted molar refractivity (Wildman–Crippen MR) is 100 cm³/mol. The van der Waals surface area contributed by atoms with E-state index in [-0.39, 0.29) is 33.4 Å². The summed E-state index contributed by atoms with van der Waals surface area (Å²) in [6.45, 7) is 3.42. The fourth-order valence-electron chi connectivity index (χ4n) is 2.37. The average Bonchev–Trinajstić information content (AvgIpc) is 2.55. The summed E-state index contributed by atoms with van der Waals surface area (Å²) in [6.07, 6.45) is 0. The van der Waals surface area contributed by atoms with Gasteiger partial charge in [0.1, 0.15) is 16.5 Å². The van der Waals surface area contributed by atoms with Gasteiger partial charge in [0.15, 0.2) is 0 Å². The van der Waals surface area contributed by atoms with E-state index >= 15 is 0 Å². The quantitative estimate of drug-likeness (QED) is 0.749. The van der Waals surface area contributed by atoms with Crippen molar-refractivity contribution in [3.63, 3.8) is 0 Å². The highest BCUT2D eigenvalue weighted by Gasteiger charge is 2.24. The molecule has 27 heavy (non-hydrogen) atoms. The number of rotatable bonds is 7. The van der Waals surface area contributed by atoms with Crippen molar-refractivity contribution in [1.82, 2.24) is 4.31 Å². The Balaban J connectivity index is 2.51. The van der Waals surface area contributed by atoms with Crippen molar-refractivity contribution >= 4 is 25.7 Å². The second kappa shape index (κ2) is 7.83. The summed E-state index contributed by atoms with van der Waals surface area (Å²) in [5.41, 5.74) is 0.275. The molecule has 0 saturated carbocycles. The fourth-order valence-corrected chi connectivity index (χ4v) is 4.70. The minimum absolute atomic E-state index is 0.0441. The zero-order valence-electron chi connectivity index (χ0n) is 15.4. The maximum atomic E-state index is 13.2. The normalized spacial score (nSPS) is 12.2. The summed E-state index contributed by atoms with van der Waals surface area (Å²) < 4.78 is 72.2. The lowest BCUT2D eigenvalue weighted by Gasteiger charge is -2.17. The summed E-state index contributed by atoms with van der Waals surface area (Å²) in [5.74, 6) is -0.431. The van der Waals surface area contributed by atoms with E-state index in [1.807, 2.05) is 0 Å². The minimum atomic E-state index is -4.03. The highest BCUT2D eigenvalue weighted by Crippen LogP contribution is 2.30. The zero-order chi connectivity index (χ0) is 20.4. The smallest absolute Gasteiger partial charge is 0.262 e. The molecule has 0 atom stereocenters. The molecular formula is C17H21FN2O5S2. The first-order valence-corrected chi connectivity index (χ1v) is 10.9. The van der Waals surface area contributed by atoms with Gasteiger partial charge in [0.25, 0.3) is 10.0 Å². The monoisotopic (exact) mass is 416 g/mol. The first kappa shape index (κ1) is 21.1. The number of hydrogen-bond acceptors (Lipinski definition) is 5. The van der Waals surface area contributed by atoms with E-state index in [4.69, 9.17) is 4.74 Å². The zero-order valence-corrected chi connectivity index (χ0v) is 17.0. The van der Waals surface area contributed by atoms with Crippen LogP contribution in [0.25, 0.3) is 0 Å². The third-order valence-electron chi connectivity index (χ3n) is 3.68. The van der Waals surface area contributed by atoms with Crippen molar-refractivity contribution < 1.29 is 26.0 Å². The molecule has 0 radical (unpaired) electrons. The van der Waals surface area contributed by atoms with Crippen LogP contribution in [0.5, 0.6) is 5.75 Å². The fraction of sp³-hybridized carbons (Fsp3) is 0.294. The van der Waals surface area contributed by atoms with Crippen LogP contribution in [-0.4, -0.2) is 41.8 Å². The molecule has 2 aromatic rings. The van der Waals surface area contributed by atoms with Gasteiger partial charge >= 0.3 is 0 Å². The summed E-state index contributed by atoms with van der Waals surface area (Å²) in [6, 6.07) is 7.28. The van der Waals surface area contributed by atoms with E-state index in [0.717, 1.165) is 22.5 Å². The molecule has 2 aromatic carbocycles. The first-order chi connectivity index (χ1) is 12.5. The van der Waals surface area contributed by atoms with Crippen LogP contribution in [0.3, 0.4) is 0 Å². The summed E-state index contributed by atoms with van der Waals surface area (Å²) in [4.78, 5) is -0.264. The highest BCUT2D eigenvalue weighted by atomic mass is 32.2. The number of ether oxygens (including phenoxy) is 1. The van der Waals surface area contributed by atoms with Crippen LogP contribution in [-0.2, 0) is 20.0 Å². The van der Waals surface area contributed by atoms with Crippen molar-refractivity contribution in [2.24, 2.45) is 0 Å². The Morgan fingerprint density at radius 2 is 1.70 bits per heavy atom. The lowest BCUT2D eigenvalue weighted by atomic mass is 10.2. The molecule has 0 heterocycles. The number of aryl methyl sites for hydroxylation is 1. The van der Waals surface area contributed by atoms with Gasteiger partial charge in [0, 0.05) is 14.1 Å². The predicted octanol–water partition coefficient (Wildman–Crippen LogP) is 2.58. The summed E-state index contributed by atoms with van der Waals surface area (Å²) >= 11 is 0. The molecule has 0 amide bonds. The molecule has 0 aromatic heterocycles. The van der Waals surface area contributed by atoms with Crippen molar-refractivity contribution in [3.8, 4) is 5.75 Å². The molecule has 1 N–H and O–H groups in total.